The number of hydrogen-bond acceptors (Lipinski definition) is 3. The van der Waals surface area contributed by atoms with E-state index in [0.29, 0.717) is 24.4 Å². The van der Waals surface area contributed by atoms with Gasteiger partial charge in [0.2, 0.25) is 0 Å². The Morgan fingerprint density at radius 3 is 2.29 bits per heavy atom. The van der Waals surface area contributed by atoms with E-state index < -0.39 is 5.97 Å². The average molecular weight is 463 g/mol. The van der Waals surface area contributed by atoms with Crippen molar-refractivity contribution in [3.05, 3.63) is 70.8 Å². The Morgan fingerprint density at radius 2 is 1.62 bits per heavy atom. The van der Waals surface area contributed by atoms with Crippen LogP contribution in [0.15, 0.2) is 48.5 Å². The molecule has 0 saturated heterocycles. The van der Waals surface area contributed by atoms with Crippen LogP contribution in [-0.2, 0) is 11.3 Å². The Labute approximate surface area is 203 Å². The molecule has 0 bridgehead atoms. The number of amides is 1. The number of carboxylic acids is 1. The third-order valence-corrected chi connectivity index (χ3v) is 7.70. The SMILES string of the molecule is CC(NC(=O)c1ccc(CNC2CCCC(C(=O)O)C2)cc1)c1ccc(C2CCCCC2)cc1. The molecular weight excluding hydrogens is 424 g/mol. The highest BCUT2D eigenvalue weighted by Crippen LogP contribution is 2.33. The quantitative estimate of drug-likeness (QED) is 0.452. The summed E-state index contributed by atoms with van der Waals surface area (Å²) in [6, 6.07) is 16.7. The van der Waals surface area contributed by atoms with Crippen LogP contribution in [-0.4, -0.2) is 23.0 Å². The zero-order chi connectivity index (χ0) is 23.9. The number of aliphatic carboxylic acids is 1. The molecule has 3 atom stereocenters. The van der Waals surface area contributed by atoms with E-state index in [1.807, 2.05) is 31.2 Å². The highest BCUT2D eigenvalue weighted by atomic mass is 16.4. The Balaban J connectivity index is 1.26. The fourth-order valence-corrected chi connectivity index (χ4v) is 5.49. The molecule has 0 aliphatic heterocycles. The third-order valence-electron chi connectivity index (χ3n) is 7.70. The van der Waals surface area contributed by atoms with Crippen molar-refractivity contribution in [3.8, 4) is 0 Å². The summed E-state index contributed by atoms with van der Waals surface area (Å²) in [5, 5.41) is 15.9. The lowest BCUT2D eigenvalue weighted by atomic mass is 9.84. The van der Waals surface area contributed by atoms with Crippen molar-refractivity contribution in [3.63, 3.8) is 0 Å². The first-order chi connectivity index (χ1) is 16.5. The molecule has 4 rings (SSSR count). The molecule has 3 unspecified atom stereocenters. The maximum Gasteiger partial charge on any atom is 0.306 e. The van der Waals surface area contributed by atoms with Crippen LogP contribution in [0.1, 0.15) is 104 Å². The number of carbonyl (C=O) groups is 2. The van der Waals surface area contributed by atoms with Crippen molar-refractivity contribution in [2.45, 2.75) is 89.3 Å². The van der Waals surface area contributed by atoms with Gasteiger partial charge in [-0.3, -0.25) is 9.59 Å². The zero-order valence-corrected chi connectivity index (χ0v) is 20.3. The molecular formula is C29H38N2O3. The molecule has 2 aromatic rings. The highest BCUT2D eigenvalue weighted by Gasteiger charge is 2.26. The largest absolute Gasteiger partial charge is 0.481 e. The average Bonchev–Trinajstić information content (AvgIpc) is 2.88. The van der Waals surface area contributed by atoms with E-state index in [0.717, 1.165) is 30.4 Å². The van der Waals surface area contributed by atoms with E-state index in [2.05, 4.69) is 34.9 Å². The van der Waals surface area contributed by atoms with Gasteiger partial charge in [0.05, 0.1) is 12.0 Å². The molecule has 0 spiro atoms. The molecule has 182 valence electrons. The van der Waals surface area contributed by atoms with Crippen molar-refractivity contribution in [2.75, 3.05) is 0 Å². The van der Waals surface area contributed by atoms with E-state index >= 15 is 0 Å². The van der Waals surface area contributed by atoms with Crippen molar-refractivity contribution in [1.29, 1.82) is 0 Å². The second kappa shape index (κ2) is 11.7. The van der Waals surface area contributed by atoms with Crippen molar-refractivity contribution in [2.24, 2.45) is 5.92 Å². The summed E-state index contributed by atoms with van der Waals surface area (Å²) in [7, 11) is 0. The van der Waals surface area contributed by atoms with E-state index in [1.54, 1.807) is 0 Å². The summed E-state index contributed by atoms with van der Waals surface area (Å²) >= 11 is 0. The van der Waals surface area contributed by atoms with Crippen LogP contribution >= 0.6 is 0 Å². The van der Waals surface area contributed by atoms with Crippen molar-refractivity contribution >= 4 is 11.9 Å². The molecule has 5 nitrogen and oxygen atoms in total. The Bertz CT molecular complexity index is 948. The van der Waals surface area contributed by atoms with Gasteiger partial charge in [0.15, 0.2) is 0 Å². The molecule has 0 radical (unpaired) electrons. The second-order valence-electron chi connectivity index (χ2n) is 10.2. The molecule has 0 aromatic heterocycles. The number of benzene rings is 2. The predicted molar refractivity (Wildman–Crippen MR) is 135 cm³/mol. The Kier molecular flexibility index (Phi) is 8.39. The lowest BCUT2D eigenvalue weighted by Crippen LogP contribution is -2.36. The van der Waals surface area contributed by atoms with Crippen molar-refractivity contribution in [1.82, 2.24) is 10.6 Å². The number of rotatable bonds is 8. The molecule has 0 heterocycles. The van der Waals surface area contributed by atoms with Crippen LogP contribution in [0.25, 0.3) is 0 Å². The molecule has 34 heavy (non-hydrogen) atoms. The van der Waals surface area contributed by atoms with Crippen LogP contribution < -0.4 is 10.6 Å². The maximum atomic E-state index is 12.8. The molecule has 2 aliphatic rings. The van der Waals surface area contributed by atoms with Crippen LogP contribution in [0, 0.1) is 5.92 Å². The molecule has 2 fully saturated rings. The summed E-state index contributed by atoms with van der Waals surface area (Å²) in [6.07, 6.45) is 10.1. The summed E-state index contributed by atoms with van der Waals surface area (Å²) < 4.78 is 0. The minimum atomic E-state index is -0.684. The normalized spacial score (nSPS) is 22.1. The number of hydrogen-bond donors (Lipinski definition) is 3. The van der Waals surface area contributed by atoms with E-state index in [-0.39, 0.29) is 23.9 Å². The predicted octanol–water partition coefficient (Wildman–Crippen LogP) is 5.96. The lowest BCUT2D eigenvalue weighted by molar-refractivity contribution is -0.143. The fourth-order valence-electron chi connectivity index (χ4n) is 5.49. The first-order valence-electron chi connectivity index (χ1n) is 13.0. The minimum Gasteiger partial charge on any atom is -0.481 e. The summed E-state index contributed by atoms with van der Waals surface area (Å²) in [4.78, 5) is 24.0. The first-order valence-corrected chi connectivity index (χ1v) is 13.0. The first kappa shape index (κ1) is 24.5. The lowest BCUT2D eigenvalue weighted by Gasteiger charge is -2.27. The van der Waals surface area contributed by atoms with E-state index in [4.69, 9.17) is 0 Å². The van der Waals surface area contributed by atoms with Gasteiger partial charge in [-0.2, -0.15) is 0 Å². The number of carbonyl (C=O) groups excluding carboxylic acids is 1. The molecule has 2 aliphatic carbocycles. The topological polar surface area (TPSA) is 78.4 Å². The maximum absolute atomic E-state index is 12.8. The molecule has 3 N–H and O–H groups in total. The van der Waals surface area contributed by atoms with Crippen LogP contribution in [0.3, 0.4) is 0 Å². The molecule has 1 amide bonds. The van der Waals surface area contributed by atoms with Gasteiger partial charge in [0, 0.05) is 18.2 Å². The standard InChI is InChI=1S/C29H38N2O3/c1-20(22-14-16-24(17-15-22)23-6-3-2-4-7-23)31-28(32)25-12-10-21(11-13-25)19-30-27-9-5-8-26(18-27)29(33)34/h10-17,20,23,26-27,30H,2-9,18-19H2,1H3,(H,31,32)(H,33,34). The summed E-state index contributed by atoms with van der Waals surface area (Å²) in [6.45, 7) is 2.71. The van der Waals surface area contributed by atoms with Gasteiger partial charge in [-0.25, -0.2) is 0 Å². The van der Waals surface area contributed by atoms with Crippen LogP contribution in [0.4, 0.5) is 0 Å². The van der Waals surface area contributed by atoms with Gasteiger partial charge >= 0.3 is 5.97 Å². The monoisotopic (exact) mass is 462 g/mol. The smallest absolute Gasteiger partial charge is 0.306 e. The molecule has 2 saturated carbocycles. The van der Waals surface area contributed by atoms with E-state index in [9.17, 15) is 14.7 Å². The molecule has 2 aromatic carbocycles. The van der Waals surface area contributed by atoms with Gasteiger partial charge in [-0.1, -0.05) is 62.1 Å². The van der Waals surface area contributed by atoms with Crippen LogP contribution in [0.2, 0.25) is 0 Å². The van der Waals surface area contributed by atoms with E-state index in [1.165, 1.54) is 37.7 Å². The third kappa shape index (κ3) is 6.47. The van der Waals surface area contributed by atoms with Gasteiger partial charge in [0.25, 0.3) is 5.91 Å². The summed E-state index contributed by atoms with van der Waals surface area (Å²) in [5.74, 6) is -0.295. The molecule has 5 heteroatoms. The van der Waals surface area contributed by atoms with Crippen LogP contribution in [0.5, 0.6) is 0 Å². The minimum absolute atomic E-state index is 0.0530. The van der Waals surface area contributed by atoms with Gasteiger partial charge in [-0.15, -0.1) is 0 Å². The van der Waals surface area contributed by atoms with Gasteiger partial charge < -0.3 is 15.7 Å². The van der Waals surface area contributed by atoms with Crippen molar-refractivity contribution < 1.29 is 14.7 Å². The van der Waals surface area contributed by atoms with Gasteiger partial charge in [0.1, 0.15) is 0 Å². The van der Waals surface area contributed by atoms with Gasteiger partial charge in [-0.05, 0) is 73.8 Å². The Morgan fingerprint density at radius 1 is 0.912 bits per heavy atom. The number of carboxylic acid groups (broad SMARTS) is 1. The fraction of sp³-hybridized carbons (Fsp3) is 0.517. The second-order valence-corrected chi connectivity index (χ2v) is 10.2. The highest BCUT2D eigenvalue weighted by molar-refractivity contribution is 5.94. The number of nitrogens with one attached hydrogen (secondary N) is 2. The Hall–Kier alpha value is -2.66. The summed E-state index contributed by atoms with van der Waals surface area (Å²) in [5.41, 5.74) is 4.30. The zero-order valence-electron chi connectivity index (χ0n) is 20.3.